The lowest BCUT2D eigenvalue weighted by molar-refractivity contribution is 0.373. The molecule has 1 nitrogen and oxygen atoms in total. The lowest BCUT2D eigenvalue weighted by Gasteiger charge is -2.37. The Kier molecular flexibility index (Phi) is 4.39. The Labute approximate surface area is 141 Å². The molecule has 0 radical (unpaired) electrons. The summed E-state index contributed by atoms with van der Waals surface area (Å²) < 4.78 is 2.24. The molecule has 3 rings (SSSR count). The first-order valence-corrected chi connectivity index (χ1v) is 8.56. The lowest BCUT2D eigenvalue weighted by Crippen LogP contribution is -2.34. The Morgan fingerprint density at radius 2 is 1.75 bits per heavy atom. The molecule has 0 atom stereocenters. The minimum absolute atomic E-state index is 0.532. The molecule has 1 aliphatic rings. The predicted molar refractivity (Wildman–Crippen MR) is 92.7 cm³/mol. The van der Waals surface area contributed by atoms with Gasteiger partial charge < -0.3 is 5.32 Å². The summed E-state index contributed by atoms with van der Waals surface area (Å²) in [6, 6.07) is 14.9. The van der Waals surface area contributed by atoms with E-state index in [1.54, 1.807) is 0 Å². The fraction of sp³-hybridized carbons (Fsp3) is 0.250. The third-order valence-electron chi connectivity index (χ3n) is 3.77. The van der Waals surface area contributed by atoms with Crippen molar-refractivity contribution in [1.82, 2.24) is 0 Å². The van der Waals surface area contributed by atoms with Gasteiger partial charge in [-0.05, 0) is 64.5 Å². The maximum Gasteiger partial charge on any atom is 0.0487 e. The number of rotatable bonds is 3. The van der Waals surface area contributed by atoms with Crippen molar-refractivity contribution in [2.45, 2.75) is 24.8 Å². The Hall–Kier alpha value is -0.510. The molecule has 2 aromatic rings. The van der Waals surface area contributed by atoms with E-state index in [4.69, 9.17) is 11.6 Å². The number of nitrogens with one attached hydrogen (secondary N) is 1. The molecule has 104 valence electrons. The highest BCUT2D eigenvalue weighted by Gasteiger charge is 2.31. The van der Waals surface area contributed by atoms with Gasteiger partial charge in [-0.2, -0.15) is 0 Å². The number of halogens is 3. The molecule has 0 saturated heterocycles. The summed E-state index contributed by atoms with van der Waals surface area (Å²) in [5.74, 6) is 0.647. The number of anilines is 1. The number of hydrogen-bond acceptors (Lipinski definition) is 1. The summed E-state index contributed by atoms with van der Waals surface area (Å²) >= 11 is 13.1. The first-order valence-electron chi connectivity index (χ1n) is 6.59. The smallest absolute Gasteiger partial charge is 0.0487 e. The van der Waals surface area contributed by atoms with E-state index in [0.717, 1.165) is 28.0 Å². The van der Waals surface area contributed by atoms with Crippen molar-refractivity contribution in [3.8, 4) is 0 Å². The van der Waals surface area contributed by atoms with E-state index >= 15 is 0 Å². The van der Waals surface area contributed by atoms with E-state index in [9.17, 15) is 0 Å². The van der Waals surface area contributed by atoms with E-state index in [0.29, 0.717) is 12.0 Å². The molecule has 0 aliphatic heterocycles. The quantitative estimate of drug-likeness (QED) is 0.627. The van der Waals surface area contributed by atoms with Crippen LogP contribution in [0.2, 0.25) is 5.02 Å². The van der Waals surface area contributed by atoms with Crippen LogP contribution in [-0.2, 0) is 0 Å². The summed E-state index contributed by atoms with van der Waals surface area (Å²) in [6.07, 6.45) is 2.33. The molecular formula is C16H14Br2ClN. The van der Waals surface area contributed by atoms with Crippen molar-refractivity contribution < 1.29 is 0 Å². The van der Waals surface area contributed by atoms with Gasteiger partial charge in [-0.1, -0.05) is 45.7 Å². The molecule has 0 aromatic heterocycles. The monoisotopic (exact) mass is 413 g/mol. The zero-order valence-electron chi connectivity index (χ0n) is 10.7. The van der Waals surface area contributed by atoms with Crippen LogP contribution in [0.4, 0.5) is 5.69 Å². The first-order chi connectivity index (χ1) is 9.63. The molecule has 20 heavy (non-hydrogen) atoms. The Balaban J connectivity index is 1.62. The second-order valence-electron chi connectivity index (χ2n) is 5.16. The average Bonchev–Trinajstić information content (AvgIpc) is 2.37. The second kappa shape index (κ2) is 6.08. The molecule has 1 saturated carbocycles. The van der Waals surface area contributed by atoms with Crippen LogP contribution < -0.4 is 5.32 Å². The lowest BCUT2D eigenvalue weighted by atomic mass is 9.76. The molecule has 0 amide bonds. The van der Waals surface area contributed by atoms with Crippen molar-refractivity contribution in [2.75, 3.05) is 5.32 Å². The summed E-state index contributed by atoms with van der Waals surface area (Å²) in [5, 5.41) is 4.32. The minimum atomic E-state index is 0.532. The van der Waals surface area contributed by atoms with Crippen molar-refractivity contribution in [3.05, 3.63) is 62.0 Å². The Morgan fingerprint density at radius 3 is 2.45 bits per heavy atom. The maximum absolute atomic E-state index is 5.96. The van der Waals surface area contributed by atoms with Gasteiger partial charge in [0.1, 0.15) is 0 Å². The van der Waals surface area contributed by atoms with Crippen LogP contribution in [0, 0.1) is 0 Å². The molecule has 0 unspecified atom stereocenters. The molecule has 0 bridgehead atoms. The summed E-state index contributed by atoms with van der Waals surface area (Å²) in [5.41, 5.74) is 2.53. The van der Waals surface area contributed by atoms with E-state index in [2.05, 4.69) is 61.4 Å². The van der Waals surface area contributed by atoms with Gasteiger partial charge in [0, 0.05) is 25.7 Å². The van der Waals surface area contributed by atoms with Crippen molar-refractivity contribution >= 4 is 49.1 Å². The van der Waals surface area contributed by atoms with Crippen LogP contribution in [0.1, 0.15) is 24.3 Å². The molecule has 0 heterocycles. The van der Waals surface area contributed by atoms with Gasteiger partial charge in [-0.25, -0.2) is 0 Å². The van der Waals surface area contributed by atoms with Crippen molar-refractivity contribution in [2.24, 2.45) is 0 Å². The highest BCUT2D eigenvalue weighted by Crippen LogP contribution is 2.42. The highest BCUT2D eigenvalue weighted by atomic mass is 79.9. The van der Waals surface area contributed by atoms with Crippen LogP contribution in [0.3, 0.4) is 0 Å². The number of hydrogen-bond donors (Lipinski definition) is 1. The molecule has 0 spiro atoms. The fourth-order valence-corrected chi connectivity index (χ4v) is 4.03. The molecule has 1 fully saturated rings. The van der Waals surface area contributed by atoms with E-state index in [-0.39, 0.29) is 0 Å². The SMILES string of the molecule is Clc1ccc(NC2CC(c3ccccc3Br)C2)c(Br)c1. The van der Waals surface area contributed by atoms with E-state index in [1.165, 1.54) is 10.0 Å². The van der Waals surface area contributed by atoms with Crippen molar-refractivity contribution in [3.63, 3.8) is 0 Å². The third-order valence-corrected chi connectivity index (χ3v) is 5.39. The van der Waals surface area contributed by atoms with Crippen LogP contribution in [0.5, 0.6) is 0 Å². The van der Waals surface area contributed by atoms with Gasteiger partial charge in [0.05, 0.1) is 0 Å². The fourth-order valence-electron chi connectivity index (χ4n) is 2.62. The maximum atomic E-state index is 5.96. The molecule has 4 heteroatoms. The zero-order chi connectivity index (χ0) is 14.1. The highest BCUT2D eigenvalue weighted by molar-refractivity contribution is 9.10. The van der Waals surface area contributed by atoms with Crippen LogP contribution in [-0.4, -0.2) is 6.04 Å². The standard InChI is InChI=1S/C16H14Br2ClN/c17-14-4-2-1-3-13(14)10-7-12(8-10)20-16-6-5-11(19)9-15(16)18/h1-6,9-10,12,20H,7-8H2. The second-order valence-corrected chi connectivity index (χ2v) is 7.30. The van der Waals surface area contributed by atoms with Gasteiger partial charge in [0.15, 0.2) is 0 Å². The Bertz CT molecular complexity index is 624. The number of benzene rings is 2. The largest absolute Gasteiger partial charge is 0.381 e. The van der Waals surface area contributed by atoms with Crippen LogP contribution in [0.15, 0.2) is 51.4 Å². The minimum Gasteiger partial charge on any atom is -0.381 e. The summed E-state index contributed by atoms with van der Waals surface area (Å²) in [4.78, 5) is 0. The van der Waals surface area contributed by atoms with Gasteiger partial charge in [0.25, 0.3) is 0 Å². The predicted octanol–water partition coefficient (Wildman–Crippen LogP) is 6.22. The van der Waals surface area contributed by atoms with E-state index < -0.39 is 0 Å². The van der Waals surface area contributed by atoms with Gasteiger partial charge in [-0.3, -0.25) is 0 Å². The molecule has 1 aliphatic carbocycles. The summed E-state index contributed by atoms with van der Waals surface area (Å²) in [6.45, 7) is 0. The van der Waals surface area contributed by atoms with E-state index in [1.807, 2.05) is 18.2 Å². The van der Waals surface area contributed by atoms with Crippen LogP contribution in [0.25, 0.3) is 0 Å². The Morgan fingerprint density at radius 1 is 1.00 bits per heavy atom. The third kappa shape index (κ3) is 3.05. The molecular weight excluding hydrogens is 401 g/mol. The average molecular weight is 416 g/mol. The first kappa shape index (κ1) is 14.4. The van der Waals surface area contributed by atoms with Gasteiger partial charge in [0.2, 0.25) is 0 Å². The van der Waals surface area contributed by atoms with Crippen LogP contribution >= 0.6 is 43.5 Å². The van der Waals surface area contributed by atoms with Gasteiger partial charge >= 0.3 is 0 Å². The zero-order valence-corrected chi connectivity index (χ0v) is 14.7. The molecule has 2 aromatic carbocycles. The summed E-state index contributed by atoms with van der Waals surface area (Å²) in [7, 11) is 0. The van der Waals surface area contributed by atoms with Crippen molar-refractivity contribution in [1.29, 1.82) is 0 Å². The normalized spacial score (nSPS) is 21.4. The van der Waals surface area contributed by atoms with Gasteiger partial charge in [-0.15, -0.1) is 0 Å². The molecule has 1 N–H and O–H groups in total. The topological polar surface area (TPSA) is 12.0 Å².